The van der Waals surface area contributed by atoms with Crippen molar-refractivity contribution in [3.05, 3.63) is 95.7 Å². The second kappa shape index (κ2) is 10.1. The van der Waals surface area contributed by atoms with Gasteiger partial charge in [-0.25, -0.2) is 4.90 Å². The molecule has 2 amide bonds. The number of rotatable bonds is 7. The fraction of sp³-hybridized carbons (Fsp3) is 0.226. The van der Waals surface area contributed by atoms with E-state index in [1.54, 1.807) is 24.4 Å². The highest BCUT2D eigenvalue weighted by Crippen LogP contribution is 2.51. The molecule has 43 heavy (non-hydrogen) atoms. The number of Topliss-reactive ketones (excluding diaryl/α,β-unsaturated/α-hetero) is 1. The number of para-hydroxylation sites is 1. The number of aromatic nitrogens is 1. The van der Waals surface area contributed by atoms with Gasteiger partial charge in [-0.15, -0.1) is 13.2 Å². The number of aromatic amines is 1. The molecule has 0 aliphatic carbocycles. The van der Waals surface area contributed by atoms with Crippen molar-refractivity contribution in [1.29, 1.82) is 0 Å². The Kier molecular flexibility index (Phi) is 6.61. The van der Waals surface area contributed by atoms with Crippen molar-refractivity contribution in [2.75, 3.05) is 4.90 Å². The maximum Gasteiger partial charge on any atom is 0.573 e. The lowest BCUT2D eigenvalue weighted by molar-refractivity contribution is -0.274. The topological polar surface area (TPSA) is 129 Å². The van der Waals surface area contributed by atoms with E-state index in [-0.39, 0.29) is 23.5 Å². The molecule has 4 atom stereocenters. The number of benzene rings is 3. The first-order valence-corrected chi connectivity index (χ1v) is 13.3. The Balaban J connectivity index is 1.48. The van der Waals surface area contributed by atoms with Gasteiger partial charge in [0.2, 0.25) is 11.8 Å². The van der Waals surface area contributed by atoms with Crippen LogP contribution in [0.4, 0.5) is 18.9 Å². The zero-order valence-electron chi connectivity index (χ0n) is 22.5. The predicted molar refractivity (Wildman–Crippen MR) is 147 cm³/mol. The number of carboxylic acids is 1. The molecule has 0 spiro atoms. The number of nitrogens with zero attached hydrogens (tertiary/aromatic N) is 1. The monoisotopic (exact) mass is 591 g/mol. The van der Waals surface area contributed by atoms with E-state index in [4.69, 9.17) is 0 Å². The zero-order valence-corrected chi connectivity index (χ0v) is 22.5. The number of carboxylic acid groups (broad SMARTS) is 1. The first kappa shape index (κ1) is 28.2. The molecule has 1 aromatic heterocycles. The van der Waals surface area contributed by atoms with Crippen molar-refractivity contribution in [2.45, 2.75) is 31.3 Å². The maximum atomic E-state index is 14.1. The maximum absolute atomic E-state index is 14.1. The minimum atomic E-state index is -4.98. The van der Waals surface area contributed by atoms with E-state index in [1.165, 1.54) is 43.3 Å². The fourth-order valence-corrected chi connectivity index (χ4v) is 6.31. The molecule has 2 aliphatic rings. The summed E-state index contributed by atoms with van der Waals surface area (Å²) in [5.41, 5.74) is -0.0569. The number of halogens is 3. The second-order valence-corrected chi connectivity index (χ2v) is 10.7. The number of H-pyrrole nitrogens is 1. The SMILES string of the molecule is CC(=O)c1ccc(N2C(=O)C3C(c4cccc(OC(F)(F)F)c4)NC(Cc4c[nH]c5ccccc45)(C(=O)O)C3C2=O)cc1. The molecule has 4 unspecified atom stereocenters. The molecule has 12 heteroatoms. The normalized spacial score (nSPS) is 23.5. The molecular formula is C31H24F3N3O6. The number of anilines is 1. The number of hydrogen-bond donors (Lipinski definition) is 3. The van der Waals surface area contributed by atoms with Crippen molar-refractivity contribution in [3.63, 3.8) is 0 Å². The second-order valence-electron chi connectivity index (χ2n) is 10.7. The van der Waals surface area contributed by atoms with E-state index in [1.807, 2.05) is 6.07 Å². The van der Waals surface area contributed by atoms with Crippen LogP contribution in [-0.4, -0.2) is 45.6 Å². The molecule has 0 radical (unpaired) electrons. The first-order chi connectivity index (χ1) is 20.4. The molecule has 2 aliphatic heterocycles. The lowest BCUT2D eigenvalue weighted by Crippen LogP contribution is -2.57. The van der Waals surface area contributed by atoms with Crippen LogP contribution in [-0.2, 0) is 20.8 Å². The van der Waals surface area contributed by atoms with Gasteiger partial charge in [0, 0.05) is 35.1 Å². The Morgan fingerprint density at radius 2 is 1.72 bits per heavy atom. The molecule has 3 heterocycles. The highest BCUT2D eigenvalue weighted by atomic mass is 19.4. The Morgan fingerprint density at radius 1 is 1.00 bits per heavy atom. The number of nitrogens with one attached hydrogen (secondary N) is 2. The molecule has 3 N–H and O–H groups in total. The van der Waals surface area contributed by atoms with E-state index in [9.17, 15) is 37.5 Å². The van der Waals surface area contributed by atoms with Crippen LogP contribution in [0.15, 0.2) is 79.0 Å². The largest absolute Gasteiger partial charge is 0.573 e. The average molecular weight is 592 g/mol. The quantitative estimate of drug-likeness (QED) is 0.208. The molecule has 3 aromatic carbocycles. The van der Waals surface area contributed by atoms with Crippen molar-refractivity contribution in [1.82, 2.24) is 10.3 Å². The summed E-state index contributed by atoms with van der Waals surface area (Å²) in [5, 5.41) is 14.5. The average Bonchev–Trinajstić information content (AvgIpc) is 3.60. The van der Waals surface area contributed by atoms with Gasteiger partial charge in [0.1, 0.15) is 11.3 Å². The summed E-state index contributed by atoms with van der Waals surface area (Å²) < 4.78 is 43.1. The summed E-state index contributed by atoms with van der Waals surface area (Å²) in [6, 6.07) is 16.7. The molecule has 6 rings (SSSR count). The van der Waals surface area contributed by atoms with E-state index in [0.717, 1.165) is 27.9 Å². The third-order valence-electron chi connectivity index (χ3n) is 8.16. The number of carbonyl (C=O) groups is 4. The van der Waals surface area contributed by atoms with Gasteiger partial charge in [-0.2, -0.15) is 0 Å². The van der Waals surface area contributed by atoms with Crippen molar-refractivity contribution in [2.24, 2.45) is 11.8 Å². The summed E-state index contributed by atoms with van der Waals surface area (Å²) in [6.07, 6.45) is -3.55. The highest BCUT2D eigenvalue weighted by Gasteiger charge is 2.68. The van der Waals surface area contributed by atoms with Gasteiger partial charge >= 0.3 is 12.3 Å². The van der Waals surface area contributed by atoms with Crippen LogP contribution >= 0.6 is 0 Å². The molecule has 0 bridgehead atoms. The third kappa shape index (κ3) is 4.73. The number of hydrogen-bond acceptors (Lipinski definition) is 6. The number of amides is 2. The smallest absolute Gasteiger partial charge is 0.480 e. The standard InChI is InChI=1S/C31H24F3N3O6/c1-16(38)17-9-11-20(12-10-17)37-27(39)24-25(28(37)40)30(29(41)42,14-19-15-35-23-8-3-2-7-22(19)23)36-26(24)18-5-4-6-21(13-18)43-31(32,33)34/h2-13,15,24-26,35-36H,14H2,1H3,(H,41,42). The number of imide groups is 1. The molecule has 0 saturated carbocycles. The zero-order chi connectivity index (χ0) is 30.7. The van der Waals surface area contributed by atoms with Crippen LogP contribution in [0.3, 0.4) is 0 Å². The van der Waals surface area contributed by atoms with Crippen molar-refractivity contribution in [3.8, 4) is 5.75 Å². The Labute approximate surface area is 242 Å². The summed E-state index contributed by atoms with van der Waals surface area (Å²) in [4.78, 5) is 57.1. The van der Waals surface area contributed by atoms with E-state index >= 15 is 0 Å². The highest BCUT2D eigenvalue weighted by molar-refractivity contribution is 6.24. The number of ketones is 1. The van der Waals surface area contributed by atoms with E-state index in [0.29, 0.717) is 11.1 Å². The Bertz CT molecular complexity index is 1780. The summed E-state index contributed by atoms with van der Waals surface area (Å²) in [6.45, 7) is 1.37. The number of ether oxygens (including phenoxy) is 1. The van der Waals surface area contributed by atoms with Crippen LogP contribution in [0.1, 0.15) is 34.5 Å². The third-order valence-corrected chi connectivity index (χ3v) is 8.16. The van der Waals surface area contributed by atoms with Gasteiger partial charge in [0.15, 0.2) is 5.78 Å². The Hall–Kier alpha value is -4.97. The first-order valence-electron chi connectivity index (χ1n) is 13.3. The number of alkyl halides is 3. The fourth-order valence-electron chi connectivity index (χ4n) is 6.31. The van der Waals surface area contributed by atoms with Crippen molar-refractivity contribution < 1.29 is 42.2 Å². The number of carbonyl (C=O) groups excluding carboxylic acids is 3. The molecule has 4 aromatic rings. The van der Waals surface area contributed by atoms with E-state index in [2.05, 4.69) is 15.0 Å². The summed E-state index contributed by atoms with van der Waals surface area (Å²) in [7, 11) is 0. The minimum Gasteiger partial charge on any atom is -0.480 e. The van der Waals surface area contributed by atoms with E-state index < -0.39 is 53.3 Å². The lowest BCUT2D eigenvalue weighted by atomic mass is 9.76. The van der Waals surface area contributed by atoms with Crippen LogP contribution in [0.2, 0.25) is 0 Å². The molecule has 220 valence electrons. The van der Waals surface area contributed by atoms with Crippen LogP contribution < -0.4 is 15.0 Å². The van der Waals surface area contributed by atoms with Gasteiger partial charge in [0.05, 0.1) is 17.5 Å². The summed E-state index contributed by atoms with van der Waals surface area (Å²) >= 11 is 0. The van der Waals surface area contributed by atoms with Crippen molar-refractivity contribution >= 4 is 40.2 Å². The Morgan fingerprint density at radius 3 is 2.40 bits per heavy atom. The molecular weight excluding hydrogens is 567 g/mol. The van der Waals surface area contributed by atoms with Gasteiger partial charge in [-0.05, 0) is 60.5 Å². The van der Waals surface area contributed by atoms with Crippen LogP contribution in [0.5, 0.6) is 5.75 Å². The van der Waals surface area contributed by atoms with Gasteiger partial charge in [-0.3, -0.25) is 24.5 Å². The van der Waals surface area contributed by atoms with Gasteiger partial charge in [0.25, 0.3) is 0 Å². The van der Waals surface area contributed by atoms with Gasteiger partial charge < -0.3 is 14.8 Å². The summed E-state index contributed by atoms with van der Waals surface area (Å²) in [5.74, 6) is -6.36. The molecule has 2 saturated heterocycles. The van der Waals surface area contributed by atoms with Crippen LogP contribution in [0.25, 0.3) is 10.9 Å². The van der Waals surface area contributed by atoms with Crippen LogP contribution in [0, 0.1) is 11.8 Å². The van der Waals surface area contributed by atoms with Gasteiger partial charge in [-0.1, -0.05) is 30.3 Å². The lowest BCUT2D eigenvalue weighted by Gasteiger charge is -2.31. The molecule has 2 fully saturated rings. The number of fused-ring (bicyclic) bond motifs is 2. The molecule has 9 nitrogen and oxygen atoms in total. The minimum absolute atomic E-state index is 0.147. The number of aliphatic carboxylic acids is 1. The predicted octanol–water partition coefficient (Wildman–Crippen LogP) is 4.79.